The molecule has 0 atom stereocenters. The van der Waals surface area contributed by atoms with Crippen molar-refractivity contribution in [1.29, 1.82) is 0 Å². The monoisotopic (exact) mass is 575 g/mol. The van der Waals surface area contributed by atoms with Crippen LogP contribution in [0.3, 0.4) is 0 Å². The topological polar surface area (TPSA) is 129 Å². The van der Waals surface area contributed by atoms with E-state index in [0.29, 0.717) is 51.6 Å². The predicted molar refractivity (Wildman–Crippen MR) is 150 cm³/mol. The lowest BCUT2D eigenvalue weighted by atomic mass is 9.96. The molecule has 1 aliphatic rings. The van der Waals surface area contributed by atoms with E-state index in [2.05, 4.69) is 15.5 Å². The summed E-state index contributed by atoms with van der Waals surface area (Å²) >= 11 is 6.47. The second kappa shape index (κ2) is 10.5. The maximum absolute atomic E-state index is 11.6. The number of carbonyl (C=O) groups is 1. The van der Waals surface area contributed by atoms with E-state index in [1.165, 1.54) is 0 Å². The fourth-order valence-electron chi connectivity index (χ4n) is 4.52. The highest BCUT2D eigenvalue weighted by Gasteiger charge is 2.45. The molecule has 5 aromatic rings. The van der Waals surface area contributed by atoms with Gasteiger partial charge in [-0.3, -0.25) is 0 Å². The van der Waals surface area contributed by atoms with Crippen molar-refractivity contribution < 1.29 is 33.1 Å². The molecule has 41 heavy (non-hydrogen) atoms. The van der Waals surface area contributed by atoms with Crippen LogP contribution >= 0.6 is 11.6 Å². The number of nitrogens with zero attached hydrogens (tertiary/aromatic N) is 2. The van der Waals surface area contributed by atoms with Crippen LogP contribution in [-0.4, -0.2) is 40.3 Å². The molecule has 10 nitrogen and oxygen atoms in total. The van der Waals surface area contributed by atoms with Crippen LogP contribution in [0.25, 0.3) is 33.8 Å². The first-order valence-corrected chi connectivity index (χ1v) is 13.2. The summed E-state index contributed by atoms with van der Waals surface area (Å²) < 4.78 is 28.9. The van der Waals surface area contributed by atoms with E-state index in [-0.39, 0.29) is 13.2 Å². The summed E-state index contributed by atoms with van der Waals surface area (Å²) in [6.45, 7) is 4.03. The van der Waals surface area contributed by atoms with Gasteiger partial charge in [-0.05, 0) is 61.9 Å². The molecule has 210 valence electrons. The summed E-state index contributed by atoms with van der Waals surface area (Å²) in [7, 11) is 0. The van der Waals surface area contributed by atoms with Gasteiger partial charge in [0.15, 0.2) is 5.79 Å². The maximum atomic E-state index is 11.6. The molecule has 0 spiro atoms. The van der Waals surface area contributed by atoms with E-state index in [1.807, 2.05) is 36.4 Å². The van der Waals surface area contributed by atoms with Gasteiger partial charge in [0, 0.05) is 16.5 Å². The molecule has 3 heterocycles. The highest BCUT2D eigenvalue weighted by molar-refractivity contribution is 6.32. The first-order chi connectivity index (χ1) is 19.7. The number of fused-ring (bicyclic) bond motifs is 1. The van der Waals surface area contributed by atoms with Crippen molar-refractivity contribution in [2.45, 2.75) is 31.8 Å². The number of benzene rings is 3. The number of halogens is 1. The first kappa shape index (κ1) is 26.8. The SMILES string of the molecule is CC1(C)OCC(NC(=O)O)(c2cc3cc(-c4noc(-c5ccc(OCc6ccccc6)c(Cl)c5)n4)ccc3o2)CO1. The smallest absolute Gasteiger partial charge is 0.405 e. The minimum Gasteiger partial charge on any atom is -0.487 e. The van der Waals surface area contributed by atoms with Crippen molar-refractivity contribution in [2.24, 2.45) is 0 Å². The number of hydrogen-bond donors (Lipinski definition) is 2. The van der Waals surface area contributed by atoms with E-state index < -0.39 is 17.4 Å². The molecular weight excluding hydrogens is 550 g/mol. The van der Waals surface area contributed by atoms with Crippen molar-refractivity contribution >= 4 is 28.7 Å². The lowest BCUT2D eigenvalue weighted by Gasteiger charge is -2.41. The third-order valence-electron chi connectivity index (χ3n) is 6.77. The molecule has 3 aromatic carbocycles. The molecule has 2 aromatic heterocycles. The average Bonchev–Trinajstić information content (AvgIpc) is 3.62. The lowest BCUT2D eigenvalue weighted by molar-refractivity contribution is -0.274. The minimum absolute atomic E-state index is 0.0474. The second-order valence-corrected chi connectivity index (χ2v) is 10.6. The van der Waals surface area contributed by atoms with Crippen LogP contribution in [0.15, 0.2) is 81.7 Å². The van der Waals surface area contributed by atoms with E-state index in [1.54, 1.807) is 50.2 Å². The number of rotatable bonds is 7. The van der Waals surface area contributed by atoms with Crippen molar-refractivity contribution in [3.63, 3.8) is 0 Å². The number of hydrogen-bond acceptors (Lipinski definition) is 8. The standard InChI is InChI=1S/C30H26ClN3O7/c1-29(2)38-16-30(17-39-29,33-28(35)36)25-14-21-12-19(8-10-23(21)40-25)26-32-27(41-34-26)20-9-11-24(22(31)13-20)37-15-18-6-4-3-5-7-18/h3-14,33H,15-17H2,1-2H3,(H,35,36). The van der Waals surface area contributed by atoms with Gasteiger partial charge in [-0.1, -0.05) is 47.1 Å². The van der Waals surface area contributed by atoms with Crippen LogP contribution < -0.4 is 10.1 Å². The molecule has 0 radical (unpaired) electrons. The number of ether oxygens (including phenoxy) is 3. The zero-order valence-corrected chi connectivity index (χ0v) is 23.0. The van der Waals surface area contributed by atoms with Gasteiger partial charge in [0.25, 0.3) is 5.89 Å². The predicted octanol–water partition coefficient (Wildman–Crippen LogP) is 6.63. The Morgan fingerprint density at radius 2 is 1.78 bits per heavy atom. The Hall–Kier alpha value is -4.38. The van der Waals surface area contributed by atoms with E-state index in [9.17, 15) is 9.90 Å². The molecule has 0 saturated carbocycles. The Morgan fingerprint density at radius 3 is 2.51 bits per heavy atom. The number of nitrogens with one attached hydrogen (secondary N) is 1. The van der Waals surface area contributed by atoms with Gasteiger partial charge >= 0.3 is 6.09 Å². The Labute approximate surface area is 239 Å². The van der Waals surface area contributed by atoms with Crippen LogP contribution in [0.2, 0.25) is 5.02 Å². The summed E-state index contributed by atoms with van der Waals surface area (Å²) in [5.74, 6) is 0.759. The molecule has 0 aliphatic carbocycles. The van der Waals surface area contributed by atoms with Crippen LogP contribution in [0.5, 0.6) is 5.75 Å². The molecule has 1 amide bonds. The maximum Gasteiger partial charge on any atom is 0.405 e. The third kappa shape index (κ3) is 5.62. The van der Waals surface area contributed by atoms with Gasteiger partial charge in [0.2, 0.25) is 5.82 Å². The zero-order chi connectivity index (χ0) is 28.6. The molecule has 0 unspecified atom stereocenters. The van der Waals surface area contributed by atoms with Crippen molar-refractivity contribution in [2.75, 3.05) is 13.2 Å². The minimum atomic E-state index is -1.21. The van der Waals surface area contributed by atoms with E-state index in [0.717, 1.165) is 10.9 Å². The lowest BCUT2D eigenvalue weighted by Crippen LogP contribution is -2.58. The van der Waals surface area contributed by atoms with Crippen molar-refractivity contribution in [3.8, 4) is 28.6 Å². The van der Waals surface area contributed by atoms with Gasteiger partial charge in [-0.15, -0.1) is 0 Å². The van der Waals surface area contributed by atoms with Crippen LogP contribution in [-0.2, 0) is 21.6 Å². The number of furan rings is 1. The summed E-state index contributed by atoms with van der Waals surface area (Å²) in [6, 6.07) is 22.3. The largest absolute Gasteiger partial charge is 0.487 e. The average molecular weight is 576 g/mol. The van der Waals surface area contributed by atoms with Gasteiger partial charge in [-0.2, -0.15) is 4.98 Å². The summed E-state index contributed by atoms with van der Waals surface area (Å²) in [6.07, 6.45) is -1.21. The summed E-state index contributed by atoms with van der Waals surface area (Å²) in [4.78, 5) is 16.2. The molecule has 1 aliphatic heterocycles. The number of amides is 1. The highest BCUT2D eigenvalue weighted by atomic mass is 35.5. The molecule has 11 heteroatoms. The Morgan fingerprint density at radius 1 is 1.02 bits per heavy atom. The van der Waals surface area contributed by atoms with E-state index in [4.69, 9.17) is 34.8 Å². The molecule has 6 rings (SSSR count). The fourth-order valence-corrected chi connectivity index (χ4v) is 4.76. The van der Waals surface area contributed by atoms with Gasteiger partial charge in [-0.25, -0.2) is 4.79 Å². The third-order valence-corrected chi connectivity index (χ3v) is 7.06. The normalized spacial score (nSPS) is 16.0. The Bertz CT molecular complexity index is 1700. The summed E-state index contributed by atoms with van der Waals surface area (Å²) in [5, 5.41) is 17.3. The van der Waals surface area contributed by atoms with E-state index >= 15 is 0 Å². The number of carboxylic acid groups (broad SMARTS) is 1. The summed E-state index contributed by atoms with van der Waals surface area (Å²) in [5.41, 5.74) is 1.73. The van der Waals surface area contributed by atoms with Gasteiger partial charge in [0.05, 0.1) is 18.2 Å². The van der Waals surface area contributed by atoms with Crippen molar-refractivity contribution in [1.82, 2.24) is 15.5 Å². The van der Waals surface area contributed by atoms with Crippen LogP contribution in [0, 0.1) is 0 Å². The van der Waals surface area contributed by atoms with Gasteiger partial charge < -0.3 is 33.6 Å². The highest BCUT2D eigenvalue weighted by Crippen LogP contribution is 2.36. The molecule has 0 bridgehead atoms. The van der Waals surface area contributed by atoms with Crippen molar-refractivity contribution in [3.05, 3.63) is 89.1 Å². The molecule has 2 N–H and O–H groups in total. The quantitative estimate of drug-likeness (QED) is 0.220. The van der Waals surface area contributed by atoms with Crippen LogP contribution in [0.4, 0.5) is 4.79 Å². The molecule has 1 fully saturated rings. The number of aromatic nitrogens is 2. The van der Waals surface area contributed by atoms with Gasteiger partial charge in [0.1, 0.15) is 29.2 Å². The second-order valence-electron chi connectivity index (χ2n) is 10.2. The molecular formula is C30H26ClN3O7. The fraction of sp³-hybridized carbons (Fsp3) is 0.233. The Balaban J connectivity index is 1.22. The first-order valence-electron chi connectivity index (χ1n) is 12.8. The molecule has 1 saturated heterocycles. The zero-order valence-electron chi connectivity index (χ0n) is 22.2. The Kier molecular flexibility index (Phi) is 6.90. The van der Waals surface area contributed by atoms with Crippen LogP contribution in [0.1, 0.15) is 25.2 Å².